The van der Waals surface area contributed by atoms with Gasteiger partial charge in [-0.15, -0.1) is 0 Å². The zero-order valence-corrected chi connectivity index (χ0v) is 10.0. The second-order valence-corrected chi connectivity index (χ2v) is 3.97. The van der Waals surface area contributed by atoms with E-state index in [-0.39, 0.29) is 5.82 Å². The standard InChI is InChI=1S/C12H13F3N4/c13-12(14,15)9-3-1-4-11(19-9)16-6-2-5-10-17-7-8-18-10/h1,3-4,7-8H,2,5-6H2,(H,16,19)(H,17,18). The minimum absolute atomic E-state index is 0.231. The first-order valence-corrected chi connectivity index (χ1v) is 5.82. The van der Waals surface area contributed by atoms with Crippen LogP contribution in [0.5, 0.6) is 0 Å². The summed E-state index contributed by atoms with van der Waals surface area (Å²) in [6.07, 6.45) is 0.477. The van der Waals surface area contributed by atoms with Gasteiger partial charge >= 0.3 is 6.18 Å². The lowest BCUT2D eigenvalue weighted by Crippen LogP contribution is -2.11. The molecule has 0 aromatic carbocycles. The summed E-state index contributed by atoms with van der Waals surface area (Å²) in [6, 6.07) is 3.81. The number of halogens is 3. The molecule has 2 aromatic heterocycles. The van der Waals surface area contributed by atoms with Crippen molar-refractivity contribution in [3.63, 3.8) is 0 Å². The Labute approximate surface area is 108 Å². The maximum absolute atomic E-state index is 12.4. The van der Waals surface area contributed by atoms with E-state index in [1.165, 1.54) is 12.1 Å². The molecule has 0 amide bonds. The molecule has 0 atom stereocenters. The van der Waals surface area contributed by atoms with Crippen molar-refractivity contribution in [2.24, 2.45) is 0 Å². The Morgan fingerprint density at radius 1 is 1.26 bits per heavy atom. The zero-order valence-electron chi connectivity index (χ0n) is 10.0. The van der Waals surface area contributed by atoms with E-state index >= 15 is 0 Å². The molecule has 2 N–H and O–H groups in total. The molecule has 0 aliphatic carbocycles. The summed E-state index contributed by atoms with van der Waals surface area (Å²) in [5.41, 5.74) is -0.886. The molecule has 0 saturated heterocycles. The van der Waals surface area contributed by atoms with Crippen LogP contribution in [-0.2, 0) is 12.6 Å². The fraction of sp³-hybridized carbons (Fsp3) is 0.333. The van der Waals surface area contributed by atoms with E-state index in [0.717, 1.165) is 24.7 Å². The highest BCUT2D eigenvalue weighted by atomic mass is 19.4. The van der Waals surface area contributed by atoms with Crippen molar-refractivity contribution in [2.75, 3.05) is 11.9 Å². The van der Waals surface area contributed by atoms with Crippen molar-refractivity contribution in [1.29, 1.82) is 0 Å². The van der Waals surface area contributed by atoms with Gasteiger partial charge in [-0.25, -0.2) is 9.97 Å². The molecule has 0 bridgehead atoms. The van der Waals surface area contributed by atoms with Crippen LogP contribution in [0.25, 0.3) is 0 Å². The summed E-state index contributed by atoms with van der Waals surface area (Å²) in [7, 11) is 0. The Kier molecular flexibility index (Phi) is 4.03. The molecule has 19 heavy (non-hydrogen) atoms. The monoisotopic (exact) mass is 270 g/mol. The summed E-state index contributed by atoms with van der Waals surface area (Å²) < 4.78 is 37.3. The number of aromatic amines is 1. The summed E-state index contributed by atoms with van der Waals surface area (Å²) in [5.74, 6) is 1.09. The molecular weight excluding hydrogens is 257 g/mol. The predicted molar refractivity (Wildman–Crippen MR) is 64.6 cm³/mol. The minimum Gasteiger partial charge on any atom is -0.370 e. The molecule has 7 heteroatoms. The lowest BCUT2D eigenvalue weighted by atomic mass is 10.3. The number of nitrogens with one attached hydrogen (secondary N) is 2. The fourth-order valence-corrected chi connectivity index (χ4v) is 1.60. The van der Waals surface area contributed by atoms with Crippen LogP contribution in [0.4, 0.5) is 19.0 Å². The van der Waals surface area contributed by atoms with Gasteiger partial charge in [0.15, 0.2) is 0 Å². The van der Waals surface area contributed by atoms with Gasteiger partial charge in [0.25, 0.3) is 0 Å². The number of alkyl halides is 3. The lowest BCUT2D eigenvalue weighted by molar-refractivity contribution is -0.141. The van der Waals surface area contributed by atoms with Crippen LogP contribution in [0.15, 0.2) is 30.6 Å². The zero-order chi connectivity index (χ0) is 13.7. The second kappa shape index (κ2) is 5.73. The molecule has 0 spiro atoms. The number of pyridine rings is 1. The highest BCUT2D eigenvalue weighted by Gasteiger charge is 2.32. The topological polar surface area (TPSA) is 53.6 Å². The number of rotatable bonds is 5. The molecule has 0 aliphatic rings. The summed E-state index contributed by atoms with van der Waals surface area (Å²) in [5, 5.41) is 2.87. The van der Waals surface area contributed by atoms with Crippen LogP contribution in [0.1, 0.15) is 17.9 Å². The molecule has 0 radical (unpaired) electrons. The van der Waals surface area contributed by atoms with Crippen molar-refractivity contribution >= 4 is 5.82 Å². The third-order valence-electron chi connectivity index (χ3n) is 2.49. The van der Waals surface area contributed by atoms with Crippen LogP contribution in [0.3, 0.4) is 0 Å². The van der Waals surface area contributed by atoms with E-state index in [9.17, 15) is 13.2 Å². The Bertz CT molecular complexity index is 508. The molecular formula is C12H13F3N4. The van der Waals surface area contributed by atoms with Crippen molar-refractivity contribution < 1.29 is 13.2 Å². The van der Waals surface area contributed by atoms with Crippen molar-refractivity contribution in [3.8, 4) is 0 Å². The Morgan fingerprint density at radius 3 is 2.79 bits per heavy atom. The number of anilines is 1. The van der Waals surface area contributed by atoms with Crippen LogP contribution < -0.4 is 5.32 Å². The number of hydrogen-bond acceptors (Lipinski definition) is 3. The molecule has 0 fully saturated rings. The van der Waals surface area contributed by atoms with Gasteiger partial charge in [0.05, 0.1) is 0 Å². The molecule has 2 aromatic rings. The van der Waals surface area contributed by atoms with Crippen molar-refractivity contribution in [3.05, 3.63) is 42.1 Å². The van der Waals surface area contributed by atoms with Gasteiger partial charge in [-0.05, 0) is 18.6 Å². The van der Waals surface area contributed by atoms with E-state index in [1.807, 2.05) is 0 Å². The molecule has 4 nitrogen and oxygen atoms in total. The molecule has 2 rings (SSSR count). The third-order valence-corrected chi connectivity index (χ3v) is 2.49. The van der Waals surface area contributed by atoms with Gasteiger partial charge in [0, 0.05) is 25.4 Å². The summed E-state index contributed by atoms with van der Waals surface area (Å²) in [4.78, 5) is 10.5. The first kappa shape index (κ1) is 13.4. The number of aryl methyl sites for hydroxylation is 1. The minimum atomic E-state index is -4.41. The van der Waals surface area contributed by atoms with Crippen molar-refractivity contribution in [2.45, 2.75) is 19.0 Å². The fourth-order valence-electron chi connectivity index (χ4n) is 1.60. The largest absolute Gasteiger partial charge is 0.433 e. The normalized spacial score (nSPS) is 11.5. The molecule has 0 unspecified atom stereocenters. The van der Waals surface area contributed by atoms with Crippen LogP contribution >= 0.6 is 0 Å². The quantitative estimate of drug-likeness (QED) is 0.821. The van der Waals surface area contributed by atoms with E-state index in [1.54, 1.807) is 12.4 Å². The van der Waals surface area contributed by atoms with E-state index in [0.29, 0.717) is 6.54 Å². The first-order chi connectivity index (χ1) is 9.05. The number of hydrogen-bond donors (Lipinski definition) is 2. The summed E-state index contributed by atoms with van der Waals surface area (Å²) in [6.45, 7) is 0.537. The summed E-state index contributed by atoms with van der Waals surface area (Å²) >= 11 is 0. The Hall–Kier alpha value is -2.05. The average molecular weight is 270 g/mol. The Balaban J connectivity index is 1.83. The van der Waals surface area contributed by atoms with Gasteiger partial charge in [-0.2, -0.15) is 13.2 Å². The van der Waals surface area contributed by atoms with E-state index in [4.69, 9.17) is 0 Å². The number of nitrogens with zero attached hydrogens (tertiary/aromatic N) is 2. The molecule has 2 heterocycles. The number of aromatic nitrogens is 3. The highest BCUT2D eigenvalue weighted by Crippen LogP contribution is 2.28. The SMILES string of the molecule is FC(F)(F)c1cccc(NCCCc2ncc[nH]2)n1. The predicted octanol–water partition coefficient (Wildman–Crippen LogP) is 2.87. The first-order valence-electron chi connectivity index (χ1n) is 5.82. The van der Waals surface area contributed by atoms with Gasteiger partial charge in [-0.1, -0.05) is 6.07 Å². The number of imidazole rings is 1. The highest BCUT2D eigenvalue weighted by molar-refractivity contribution is 5.35. The van der Waals surface area contributed by atoms with E-state index in [2.05, 4.69) is 20.3 Å². The third kappa shape index (κ3) is 3.97. The maximum atomic E-state index is 12.4. The maximum Gasteiger partial charge on any atom is 0.433 e. The van der Waals surface area contributed by atoms with Crippen molar-refractivity contribution in [1.82, 2.24) is 15.0 Å². The Morgan fingerprint density at radius 2 is 2.11 bits per heavy atom. The smallest absolute Gasteiger partial charge is 0.370 e. The number of H-pyrrole nitrogens is 1. The van der Waals surface area contributed by atoms with Gasteiger partial charge in [0.1, 0.15) is 17.3 Å². The average Bonchev–Trinajstić information content (AvgIpc) is 2.87. The van der Waals surface area contributed by atoms with Crippen LogP contribution in [0.2, 0.25) is 0 Å². The molecule has 102 valence electrons. The van der Waals surface area contributed by atoms with Gasteiger partial charge < -0.3 is 10.3 Å². The van der Waals surface area contributed by atoms with Gasteiger partial charge in [-0.3, -0.25) is 0 Å². The van der Waals surface area contributed by atoms with Crippen LogP contribution in [0, 0.1) is 0 Å². The van der Waals surface area contributed by atoms with Gasteiger partial charge in [0.2, 0.25) is 0 Å². The lowest BCUT2D eigenvalue weighted by Gasteiger charge is -2.09. The molecule has 0 saturated carbocycles. The van der Waals surface area contributed by atoms with Crippen LogP contribution in [-0.4, -0.2) is 21.5 Å². The second-order valence-electron chi connectivity index (χ2n) is 3.97. The molecule has 0 aliphatic heterocycles. The van der Waals surface area contributed by atoms with E-state index < -0.39 is 11.9 Å².